The molecule has 2 N–H and O–H groups in total. The van der Waals surface area contributed by atoms with E-state index in [2.05, 4.69) is 10.2 Å². The maximum Gasteiger partial charge on any atom is 0.266 e. The van der Waals surface area contributed by atoms with Crippen molar-refractivity contribution in [1.29, 1.82) is 5.26 Å². The zero-order valence-electron chi connectivity index (χ0n) is 11.9. The molecule has 1 amide bonds. The first kappa shape index (κ1) is 14.9. The Kier molecular flexibility index (Phi) is 4.80. The van der Waals surface area contributed by atoms with Gasteiger partial charge in [0.05, 0.1) is 0 Å². The molecular formula is C15H18N4O2. The number of hydrogen-bond donors (Lipinski definition) is 2. The normalized spacial score (nSPS) is 16.4. The number of nitriles is 1. The molecule has 2 rings (SSSR count). The van der Waals surface area contributed by atoms with Crippen LogP contribution in [-0.4, -0.2) is 54.0 Å². The van der Waals surface area contributed by atoms with E-state index in [0.29, 0.717) is 18.8 Å². The van der Waals surface area contributed by atoms with Crippen molar-refractivity contribution in [3.8, 4) is 11.8 Å². The number of aromatic hydroxyl groups is 1. The minimum absolute atomic E-state index is 0.0582. The van der Waals surface area contributed by atoms with Crippen molar-refractivity contribution in [1.82, 2.24) is 9.80 Å². The molecule has 1 fully saturated rings. The van der Waals surface area contributed by atoms with Gasteiger partial charge in [-0.05, 0) is 19.2 Å². The number of carbonyl (C=O) groups excluding carboxylic acids is 1. The van der Waals surface area contributed by atoms with Crippen LogP contribution in [0.2, 0.25) is 0 Å². The highest BCUT2D eigenvalue weighted by atomic mass is 16.3. The van der Waals surface area contributed by atoms with E-state index in [9.17, 15) is 9.90 Å². The standard InChI is InChI=1S/C15H18N4O2/c1-18-5-7-19(8-6-18)15(21)12(10-16)11-17-13-3-2-4-14(20)9-13/h2-4,9,11,17,20H,5-8H2,1H3/b12-11-. The molecule has 0 radical (unpaired) electrons. The molecule has 0 aliphatic carbocycles. The zero-order valence-corrected chi connectivity index (χ0v) is 11.9. The van der Waals surface area contributed by atoms with Crippen LogP contribution in [0.4, 0.5) is 5.69 Å². The maximum absolute atomic E-state index is 12.3. The van der Waals surface area contributed by atoms with Gasteiger partial charge in [-0.2, -0.15) is 5.26 Å². The number of piperazine rings is 1. The molecule has 1 heterocycles. The van der Waals surface area contributed by atoms with Crippen molar-refractivity contribution in [3.05, 3.63) is 36.0 Å². The van der Waals surface area contributed by atoms with Gasteiger partial charge in [0.1, 0.15) is 17.4 Å². The lowest BCUT2D eigenvalue weighted by molar-refractivity contribution is -0.128. The average molecular weight is 286 g/mol. The van der Waals surface area contributed by atoms with Crippen molar-refractivity contribution in [2.45, 2.75) is 0 Å². The summed E-state index contributed by atoms with van der Waals surface area (Å²) in [5.41, 5.74) is 0.678. The van der Waals surface area contributed by atoms with Gasteiger partial charge in [-0.25, -0.2) is 0 Å². The molecule has 1 aliphatic rings. The number of phenols is 1. The Balaban J connectivity index is 2.03. The van der Waals surface area contributed by atoms with Crippen LogP contribution in [0.15, 0.2) is 36.0 Å². The summed E-state index contributed by atoms with van der Waals surface area (Å²) >= 11 is 0. The second-order valence-corrected chi connectivity index (χ2v) is 4.96. The van der Waals surface area contributed by atoms with Gasteiger partial charge in [0, 0.05) is 44.1 Å². The number of rotatable bonds is 3. The van der Waals surface area contributed by atoms with Gasteiger partial charge in [0.25, 0.3) is 5.91 Å². The molecule has 1 aliphatic heterocycles. The topological polar surface area (TPSA) is 79.6 Å². The van der Waals surface area contributed by atoms with Crippen LogP contribution >= 0.6 is 0 Å². The number of benzene rings is 1. The fourth-order valence-electron chi connectivity index (χ4n) is 2.07. The largest absolute Gasteiger partial charge is 0.508 e. The third kappa shape index (κ3) is 3.97. The molecule has 1 saturated heterocycles. The highest BCUT2D eigenvalue weighted by Crippen LogP contribution is 2.16. The monoisotopic (exact) mass is 286 g/mol. The number of amides is 1. The van der Waals surface area contributed by atoms with E-state index < -0.39 is 0 Å². The second-order valence-electron chi connectivity index (χ2n) is 4.96. The van der Waals surface area contributed by atoms with E-state index in [4.69, 9.17) is 5.26 Å². The first-order chi connectivity index (χ1) is 10.1. The molecule has 21 heavy (non-hydrogen) atoms. The van der Waals surface area contributed by atoms with E-state index in [1.165, 1.54) is 12.3 Å². The Morgan fingerprint density at radius 2 is 2.10 bits per heavy atom. The van der Waals surface area contributed by atoms with Crippen LogP contribution in [-0.2, 0) is 4.79 Å². The van der Waals surface area contributed by atoms with Gasteiger partial charge in [-0.3, -0.25) is 4.79 Å². The fourth-order valence-corrected chi connectivity index (χ4v) is 2.07. The van der Waals surface area contributed by atoms with Crippen LogP contribution in [0.1, 0.15) is 0 Å². The number of anilines is 1. The zero-order chi connectivity index (χ0) is 15.2. The highest BCUT2D eigenvalue weighted by Gasteiger charge is 2.21. The quantitative estimate of drug-likeness (QED) is 0.640. The number of nitrogens with zero attached hydrogens (tertiary/aromatic N) is 3. The lowest BCUT2D eigenvalue weighted by Crippen LogP contribution is -2.47. The van der Waals surface area contributed by atoms with Crippen LogP contribution < -0.4 is 5.32 Å². The summed E-state index contributed by atoms with van der Waals surface area (Å²) in [5.74, 6) is -0.143. The summed E-state index contributed by atoms with van der Waals surface area (Å²) in [6.07, 6.45) is 1.38. The number of phenolic OH excluding ortho intramolecular Hbond substituents is 1. The predicted molar refractivity (Wildman–Crippen MR) is 79.5 cm³/mol. The van der Waals surface area contributed by atoms with Crippen LogP contribution in [0, 0.1) is 11.3 Å². The third-order valence-corrected chi connectivity index (χ3v) is 3.37. The lowest BCUT2D eigenvalue weighted by atomic mass is 10.2. The molecule has 1 aromatic rings. The minimum atomic E-state index is -0.266. The molecule has 0 aromatic heterocycles. The summed E-state index contributed by atoms with van der Waals surface area (Å²) in [6.45, 7) is 2.87. The lowest BCUT2D eigenvalue weighted by Gasteiger charge is -2.32. The maximum atomic E-state index is 12.3. The van der Waals surface area contributed by atoms with Crippen LogP contribution in [0.25, 0.3) is 0 Å². The summed E-state index contributed by atoms with van der Waals surface area (Å²) in [5, 5.41) is 21.4. The number of nitrogens with one attached hydrogen (secondary N) is 1. The molecule has 1 aromatic carbocycles. The van der Waals surface area contributed by atoms with Crippen molar-refractivity contribution >= 4 is 11.6 Å². The van der Waals surface area contributed by atoms with Gasteiger partial charge in [-0.15, -0.1) is 0 Å². The van der Waals surface area contributed by atoms with E-state index in [-0.39, 0.29) is 17.2 Å². The van der Waals surface area contributed by atoms with Crippen molar-refractivity contribution < 1.29 is 9.90 Å². The number of likely N-dealkylation sites (N-methyl/N-ethyl adjacent to an activating group) is 1. The van der Waals surface area contributed by atoms with Gasteiger partial charge >= 0.3 is 0 Å². The second kappa shape index (κ2) is 6.77. The molecule has 0 bridgehead atoms. The van der Waals surface area contributed by atoms with Gasteiger partial charge in [-0.1, -0.05) is 6.07 Å². The number of hydrogen-bond acceptors (Lipinski definition) is 5. The average Bonchev–Trinajstić information content (AvgIpc) is 2.48. The number of carbonyl (C=O) groups is 1. The van der Waals surface area contributed by atoms with Crippen molar-refractivity contribution in [2.75, 3.05) is 38.5 Å². The van der Waals surface area contributed by atoms with E-state index >= 15 is 0 Å². The Hall–Kier alpha value is -2.52. The molecule has 6 heteroatoms. The highest BCUT2D eigenvalue weighted by molar-refractivity contribution is 5.97. The first-order valence-electron chi connectivity index (χ1n) is 6.74. The van der Waals surface area contributed by atoms with Gasteiger partial charge in [0.2, 0.25) is 0 Å². The SMILES string of the molecule is CN1CCN(C(=O)/C(C#N)=C\Nc2cccc(O)c2)CC1. The summed E-state index contributed by atoms with van der Waals surface area (Å²) in [4.78, 5) is 16.1. The Bertz CT molecular complexity index is 584. The Morgan fingerprint density at radius 1 is 1.38 bits per heavy atom. The summed E-state index contributed by atoms with van der Waals surface area (Å²) < 4.78 is 0. The fraction of sp³-hybridized carbons (Fsp3) is 0.333. The minimum Gasteiger partial charge on any atom is -0.508 e. The van der Waals surface area contributed by atoms with Gasteiger partial charge in [0.15, 0.2) is 0 Å². The molecule has 0 unspecified atom stereocenters. The summed E-state index contributed by atoms with van der Waals surface area (Å²) in [7, 11) is 2.01. The van der Waals surface area contributed by atoms with Crippen molar-refractivity contribution in [2.24, 2.45) is 0 Å². The predicted octanol–water partition coefficient (Wildman–Crippen LogP) is 0.986. The molecule has 0 atom stereocenters. The van der Waals surface area contributed by atoms with E-state index in [1.54, 1.807) is 23.1 Å². The smallest absolute Gasteiger partial charge is 0.266 e. The molecule has 110 valence electrons. The third-order valence-electron chi connectivity index (χ3n) is 3.37. The van der Waals surface area contributed by atoms with Crippen molar-refractivity contribution in [3.63, 3.8) is 0 Å². The Labute approximate surface area is 123 Å². The van der Waals surface area contributed by atoms with E-state index in [1.807, 2.05) is 13.1 Å². The van der Waals surface area contributed by atoms with Crippen LogP contribution in [0.3, 0.4) is 0 Å². The van der Waals surface area contributed by atoms with Crippen LogP contribution in [0.5, 0.6) is 5.75 Å². The summed E-state index contributed by atoms with van der Waals surface area (Å²) in [6, 6.07) is 8.42. The first-order valence-corrected chi connectivity index (χ1v) is 6.74. The molecular weight excluding hydrogens is 268 g/mol. The Morgan fingerprint density at radius 3 is 2.71 bits per heavy atom. The molecule has 0 saturated carbocycles. The van der Waals surface area contributed by atoms with E-state index in [0.717, 1.165) is 13.1 Å². The van der Waals surface area contributed by atoms with Gasteiger partial charge < -0.3 is 20.2 Å². The molecule has 0 spiro atoms. The molecule has 6 nitrogen and oxygen atoms in total.